The van der Waals surface area contributed by atoms with Gasteiger partial charge in [-0.3, -0.25) is 4.18 Å². The average molecular weight is 399 g/mol. The normalized spacial score (nSPS) is 12.0. The Hall–Kier alpha value is -2.08. The molecule has 0 spiro atoms. The molecule has 0 N–H and O–H groups in total. The fourth-order valence-corrected chi connectivity index (χ4v) is 5.02. The van der Waals surface area contributed by atoms with E-state index in [0.717, 1.165) is 22.9 Å². The van der Waals surface area contributed by atoms with Crippen LogP contribution >= 0.6 is 11.8 Å². The van der Waals surface area contributed by atoms with Gasteiger partial charge in [0.15, 0.2) is 0 Å². The van der Waals surface area contributed by atoms with Crippen LogP contribution < -0.4 is 0 Å². The van der Waals surface area contributed by atoms with E-state index in [9.17, 15) is 8.42 Å². The monoisotopic (exact) mass is 398 g/mol. The van der Waals surface area contributed by atoms with Crippen molar-refractivity contribution in [2.24, 2.45) is 0 Å². The van der Waals surface area contributed by atoms with E-state index >= 15 is 0 Å². The Morgan fingerprint density at radius 3 is 1.44 bits per heavy atom. The Labute approximate surface area is 165 Å². The van der Waals surface area contributed by atoms with Gasteiger partial charge in [-0.15, -0.1) is 11.8 Å². The van der Waals surface area contributed by atoms with Crippen molar-refractivity contribution in [1.29, 1.82) is 0 Å². The van der Waals surface area contributed by atoms with Gasteiger partial charge in [-0.2, -0.15) is 8.42 Å². The Bertz CT molecular complexity index is 844. The van der Waals surface area contributed by atoms with Crippen molar-refractivity contribution in [3.05, 3.63) is 108 Å². The van der Waals surface area contributed by atoms with Crippen LogP contribution in [0.3, 0.4) is 0 Å². The molecule has 27 heavy (non-hydrogen) atoms. The smallest absolute Gasteiger partial charge is 0.264 e. The molecular formula is C22H22O3S2. The van der Waals surface area contributed by atoms with Gasteiger partial charge < -0.3 is 0 Å². The summed E-state index contributed by atoms with van der Waals surface area (Å²) in [6.07, 6.45) is 1.08. The number of thioether (sulfide) groups is 1. The molecule has 0 atom stereocenters. The van der Waals surface area contributed by atoms with E-state index in [2.05, 4.69) is 36.4 Å². The third-order valence-electron chi connectivity index (χ3n) is 4.24. The first-order valence-electron chi connectivity index (χ1n) is 8.67. The fourth-order valence-electron chi connectivity index (χ4n) is 3.15. The highest BCUT2D eigenvalue weighted by Gasteiger charge is 2.36. The molecule has 0 heterocycles. The molecule has 0 aliphatic rings. The Balaban J connectivity index is 2.08. The summed E-state index contributed by atoms with van der Waals surface area (Å²) in [5, 5.41) is 0. The summed E-state index contributed by atoms with van der Waals surface area (Å²) in [7, 11) is -3.45. The number of rotatable bonds is 8. The lowest BCUT2D eigenvalue weighted by molar-refractivity contribution is 0.345. The first-order valence-corrected chi connectivity index (χ1v) is 11.5. The van der Waals surface area contributed by atoms with Gasteiger partial charge in [-0.1, -0.05) is 91.0 Å². The zero-order chi connectivity index (χ0) is 19.2. The van der Waals surface area contributed by atoms with Crippen LogP contribution in [-0.4, -0.2) is 27.0 Å². The summed E-state index contributed by atoms with van der Waals surface area (Å²) < 4.78 is 27.2. The lowest BCUT2D eigenvalue weighted by atomic mass is 9.84. The van der Waals surface area contributed by atoms with Crippen molar-refractivity contribution >= 4 is 21.9 Å². The van der Waals surface area contributed by atoms with E-state index in [1.807, 2.05) is 54.6 Å². The van der Waals surface area contributed by atoms with Crippen LogP contribution in [0.5, 0.6) is 0 Å². The Morgan fingerprint density at radius 2 is 1.11 bits per heavy atom. The molecule has 3 aromatic carbocycles. The number of benzene rings is 3. The van der Waals surface area contributed by atoms with Crippen LogP contribution in [0.1, 0.15) is 16.7 Å². The lowest BCUT2D eigenvalue weighted by Gasteiger charge is -2.35. The Morgan fingerprint density at radius 1 is 0.741 bits per heavy atom. The van der Waals surface area contributed by atoms with Crippen molar-refractivity contribution in [3.8, 4) is 0 Å². The van der Waals surface area contributed by atoms with E-state index in [-0.39, 0.29) is 6.61 Å². The zero-order valence-corrected chi connectivity index (χ0v) is 16.7. The largest absolute Gasteiger partial charge is 0.269 e. The molecule has 0 unspecified atom stereocenters. The summed E-state index contributed by atoms with van der Waals surface area (Å²) in [4.78, 5) is 0. The topological polar surface area (TPSA) is 43.4 Å². The van der Waals surface area contributed by atoms with Gasteiger partial charge in [0.2, 0.25) is 0 Å². The maximum absolute atomic E-state index is 11.3. The van der Waals surface area contributed by atoms with Crippen LogP contribution in [0.4, 0.5) is 0 Å². The SMILES string of the molecule is CS(=O)(=O)OCCSC(c1ccccc1)(c1ccccc1)c1ccccc1. The minimum absolute atomic E-state index is 0.137. The first-order chi connectivity index (χ1) is 13.0. The molecule has 0 aliphatic carbocycles. The van der Waals surface area contributed by atoms with Gasteiger partial charge in [0.1, 0.15) is 0 Å². The summed E-state index contributed by atoms with van der Waals surface area (Å²) in [5.41, 5.74) is 3.44. The molecule has 5 heteroatoms. The number of hydrogen-bond acceptors (Lipinski definition) is 4. The van der Waals surface area contributed by atoms with E-state index in [4.69, 9.17) is 4.18 Å². The lowest BCUT2D eigenvalue weighted by Crippen LogP contribution is -2.26. The summed E-state index contributed by atoms with van der Waals surface area (Å²) in [6.45, 7) is 0.137. The summed E-state index contributed by atoms with van der Waals surface area (Å²) >= 11 is 1.68. The molecule has 0 amide bonds. The molecule has 0 saturated carbocycles. The predicted molar refractivity (Wildman–Crippen MR) is 112 cm³/mol. The molecule has 0 bridgehead atoms. The molecule has 3 aromatic rings. The second-order valence-electron chi connectivity index (χ2n) is 6.15. The second-order valence-corrected chi connectivity index (χ2v) is 9.11. The van der Waals surface area contributed by atoms with Gasteiger partial charge in [0.25, 0.3) is 10.1 Å². The molecule has 0 aromatic heterocycles. The molecule has 0 radical (unpaired) electrons. The van der Waals surface area contributed by atoms with Gasteiger partial charge in [-0.25, -0.2) is 0 Å². The third-order valence-corrected chi connectivity index (χ3v) is 6.35. The molecule has 3 rings (SSSR count). The third kappa shape index (κ3) is 4.80. The molecule has 3 nitrogen and oxygen atoms in total. The molecule has 0 aliphatic heterocycles. The van der Waals surface area contributed by atoms with Crippen LogP contribution in [0.15, 0.2) is 91.0 Å². The standard InChI is InChI=1S/C22H22O3S2/c1-27(23,24)25-17-18-26-22(19-11-5-2-6-12-19,20-13-7-3-8-14-20)21-15-9-4-10-16-21/h2-16H,17-18H2,1H3. The minimum Gasteiger partial charge on any atom is -0.269 e. The van der Waals surface area contributed by atoms with Crippen molar-refractivity contribution in [3.63, 3.8) is 0 Å². The maximum atomic E-state index is 11.3. The Kier molecular flexibility index (Phi) is 6.37. The highest BCUT2D eigenvalue weighted by atomic mass is 32.2. The van der Waals surface area contributed by atoms with Crippen molar-refractivity contribution in [2.75, 3.05) is 18.6 Å². The van der Waals surface area contributed by atoms with Gasteiger partial charge in [-0.05, 0) is 16.7 Å². The molecule has 0 fully saturated rings. The summed E-state index contributed by atoms with van der Waals surface area (Å²) in [5.74, 6) is 0.533. The van der Waals surface area contributed by atoms with E-state index < -0.39 is 14.9 Å². The summed E-state index contributed by atoms with van der Waals surface area (Å²) in [6, 6.07) is 30.9. The van der Waals surface area contributed by atoms with Crippen LogP contribution in [0.2, 0.25) is 0 Å². The maximum Gasteiger partial charge on any atom is 0.264 e. The highest BCUT2D eigenvalue weighted by Crippen LogP contribution is 2.48. The van der Waals surface area contributed by atoms with Crippen LogP contribution in [-0.2, 0) is 19.0 Å². The van der Waals surface area contributed by atoms with E-state index in [0.29, 0.717) is 5.75 Å². The van der Waals surface area contributed by atoms with Gasteiger partial charge in [0, 0.05) is 5.75 Å². The second kappa shape index (κ2) is 8.74. The van der Waals surface area contributed by atoms with Gasteiger partial charge in [0.05, 0.1) is 17.6 Å². The average Bonchev–Trinajstić information content (AvgIpc) is 2.70. The van der Waals surface area contributed by atoms with Gasteiger partial charge >= 0.3 is 0 Å². The highest BCUT2D eigenvalue weighted by molar-refractivity contribution is 8.00. The van der Waals surface area contributed by atoms with E-state index in [1.165, 1.54) is 0 Å². The minimum atomic E-state index is -3.45. The quantitative estimate of drug-likeness (QED) is 0.314. The zero-order valence-electron chi connectivity index (χ0n) is 15.1. The van der Waals surface area contributed by atoms with Crippen molar-refractivity contribution in [2.45, 2.75) is 4.75 Å². The fraction of sp³-hybridized carbons (Fsp3) is 0.182. The van der Waals surface area contributed by atoms with Crippen LogP contribution in [0, 0.1) is 0 Å². The van der Waals surface area contributed by atoms with Crippen molar-refractivity contribution < 1.29 is 12.6 Å². The number of hydrogen-bond donors (Lipinski definition) is 0. The molecule has 0 saturated heterocycles. The first kappa shape index (κ1) is 19.7. The molecule has 140 valence electrons. The molecular weight excluding hydrogens is 376 g/mol. The predicted octanol–water partition coefficient (Wildman–Crippen LogP) is 4.69. The van der Waals surface area contributed by atoms with Crippen LogP contribution in [0.25, 0.3) is 0 Å². The van der Waals surface area contributed by atoms with E-state index in [1.54, 1.807) is 11.8 Å². The van der Waals surface area contributed by atoms with Crippen molar-refractivity contribution in [1.82, 2.24) is 0 Å².